The molecule has 122 valence electrons. The highest BCUT2D eigenvalue weighted by atomic mass is 32.1. The predicted octanol–water partition coefficient (Wildman–Crippen LogP) is 2.46. The second kappa shape index (κ2) is 7.10. The summed E-state index contributed by atoms with van der Waals surface area (Å²) < 4.78 is 5.07. The third-order valence-electron chi connectivity index (χ3n) is 3.98. The van der Waals surface area contributed by atoms with Gasteiger partial charge in [-0.15, -0.1) is 11.3 Å². The van der Waals surface area contributed by atoms with Crippen LogP contribution in [0.4, 0.5) is 0 Å². The zero-order valence-electron chi connectivity index (χ0n) is 13.4. The van der Waals surface area contributed by atoms with Gasteiger partial charge in [0.25, 0.3) is 5.91 Å². The minimum absolute atomic E-state index is 0.0427. The molecule has 3 heterocycles. The Morgan fingerprint density at radius 2 is 2.30 bits per heavy atom. The molecule has 0 aliphatic carbocycles. The number of aryl methyl sites for hydroxylation is 1. The smallest absolute Gasteiger partial charge is 0.261 e. The number of rotatable bonds is 5. The van der Waals surface area contributed by atoms with E-state index in [4.69, 9.17) is 4.74 Å². The molecule has 1 N–H and O–H groups in total. The van der Waals surface area contributed by atoms with Crippen molar-refractivity contribution in [1.29, 1.82) is 0 Å². The Bertz CT molecular complexity index is 669. The molecule has 5 nitrogen and oxygen atoms in total. The highest BCUT2D eigenvalue weighted by Gasteiger charge is 2.24. The fourth-order valence-electron chi connectivity index (χ4n) is 2.79. The van der Waals surface area contributed by atoms with Crippen LogP contribution in [-0.2, 0) is 6.54 Å². The van der Waals surface area contributed by atoms with Crippen LogP contribution in [0.2, 0.25) is 0 Å². The number of carbonyl (C=O) groups excluding carboxylic acids is 1. The molecule has 1 atom stereocenters. The minimum atomic E-state index is 0.0427. The lowest BCUT2D eigenvalue weighted by Gasteiger charge is -2.16. The monoisotopic (exact) mass is 331 g/mol. The zero-order valence-corrected chi connectivity index (χ0v) is 14.2. The number of ether oxygens (including phenoxy) is 1. The third kappa shape index (κ3) is 4.09. The number of hydrogen-bond donors (Lipinski definition) is 1. The maximum Gasteiger partial charge on any atom is 0.261 e. The van der Waals surface area contributed by atoms with Gasteiger partial charge >= 0.3 is 0 Å². The van der Waals surface area contributed by atoms with Gasteiger partial charge in [-0.25, -0.2) is 4.98 Å². The van der Waals surface area contributed by atoms with Crippen molar-refractivity contribution < 1.29 is 9.53 Å². The zero-order chi connectivity index (χ0) is 16.2. The fraction of sp³-hybridized carbons (Fsp3) is 0.412. The molecule has 3 rings (SSSR count). The molecule has 0 aromatic carbocycles. The van der Waals surface area contributed by atoms with Crippen LogP contribution in [0.15, 0.2) is 30.5 Å². The van der Waals surface area contributed by atoms with Crippen molar-refractivity contribution in [3.63, 3.8) is 0 Å². The molecule has 2 aromatic heterocycles. The van der Waals surface area contributed by atoms with E-state index in [1.54, 1.807) is 18.4 Å². The van der Waals surface area contributed by atoms with Gasteiger partial charge in [0, 0.05) is 42.8 Å². The average Bonchev–Trinajstić information content (AvgIpc) is 3.17. The summed E-state index contributed by atoms with van der Waals surface area (Å²) in [6, 6.07) is 8.01. The van der Waals surface area contributed by atoms with Gasteiger partial charge in [0.05, 0.1) is 12.0 Å². The normalized spacial score (nSPS) is 18.1. The van der Waals surface area contributed by atoms with Gasteiger partial charge in [-0.05, 0) is 31.0 Å². The first-order valence-corrected chi connectivity index (χ1v) is 8.54. The molecular formula is C17H21N3O2S. The lowest BCUT2D eigenvalue weighted by molar-refractivity contribution is 0.0941. The number of hydrogen-bond acceptors (Lipinski definition) is 5. The first-order valence-electron chi connectivity index (χ1n) is 7.72. The van der Waals surface area contributed by atoms with Gasteiger partial charge in [-0.2, -0.15) is 0 Å². The highest BCUT2D eigenvalue weighted by molar-refractivity contribution is 7.13. The summed E-state index contributed by atoms with van der Waals surface area (Å²) in [5.74, 6) is 0.674. The number of nitrogens with one attached hydrogen (secondary N) is 1. The summed E-state index contributed by atoms with van der Waals surface area (Å²) in [6.07, 6.45) is 2.83. The van der Waals surface area contributed by atoms with Crippen molar-refractivity contribution in [2.45, 2.75) is 25.9 Å². The Morgan fingerprint density at radius 1 is 1.43 bits per heavy atom. The number of pyridine rings is 1. The topological polar surface area (TPSA) is 54.5 Å². The summed E-state index contributed by atoms with van der Waals surface area (Å²) in [7, 11) is 1.62. The van der Waals surface area contributed by atoms with Crippen molar-refractivity contribution in [3.05, 3.63) is 45.8 Å². The number of aromatic nitrogens is 1. The van der Waals surface area contributed by atoms with Crippen LogP contribution in [0.5, 0.6) is 5.88 Å². The average molecular weight is 331 g/mol. The van der Waals surface area contributed by atoms with E-state index in [1.165, 1.54) is 0 Å². The number of carbonyl (C=O) groups is 1. The Labute approximate surface area is 140 Å². The first-order chi connectivity index (χ1) is 11.1. The lowest BCUT2D eigenvalue weighted by Crippen LogP contribution is -2.36. The number of methoxy groups -OCH3 is 1. The number of likely N-dealkylation sites (tertiary alicyclic amines) is 1. The largest absolute Gasteiger partial charge is 0.481 e. The standard InChI is InChI=1S/C17H21N3O2S/c1-12-3-5-15(23-12)17(21)19-14-7-8-20(11-14)10-13-4-6-16(22-2)18-9-13/h3-6,9,14H,7-8,10-11H2,1-2H3,(H,19,21). The molecule has 0 spiro atoms. The van der Waals surface area contributed by atoms with Crippen molar-refractivity contribution >= 4 is 17.2 Å². The van der Waals surface area contributed by atoms with Gasteiger partial charge < -0.3 is 10.1 Å². The maximum absolute atomic E-state index is 12.2. The molecule has 0 radical (unpaired) electrons. The molecule has 1 unspecified atom stereocenters. The van der Waals surface area contributed by atoms with Crippen molar-refractivity contribution in [2.75, 3.05) is 20.2 Å². The summed E-state index contributed by atoms with van der Waals surface area (Å²) in [5.41, 5.74) is 1.16. The van der Waals surface area contributed by atoms with E-state index in [0.717, 1.165) is 41.4 Å². The Hall–Kier alpha value is -1.92. The minimum Gasteiger partial charge on any atom is -0.481 e. The summed E-state index contributed by atoms with van der Waals surface area (Å²) in [4.78, 5) is 20.7. The Kier molecular flexibility index (Phi) is 4.93. The van der Waals surface area contributed by atoms with E-state index in [1.807, 2.05) is 37.4 Å². The van der Waals surface area contributed by atoms with Crippen molar-refractivity contribution in [1.82, 2.24) is 15.2 Å². The Balaban J connectivity index is 1.50. The van der Waals surface area contributed by atoms with Crippen LogP contribution in [0, 0.1) is 6.92 Å². The third-order valence-corrected chi connectivity index (χ3v) is 4.98. The van der Waals surface area contributed by atoms with Crippen LogP contribution in [0.25, 0.3) is 0 Å². The second-order valence-electron chi connectivity index (χ2n) is 5.81. The summed E-state index contributed by atoms with van der Waals surface area (Å²) in [6.45, 7) is 4.73. The molecule has 0 bridgehead atoms. The fourth-order valence-corrected chi connectivity index (χ4v) is 3.56. The van der Waals surface area contributed by atoms with Crippen LogP contribution < -0.4 is 10.1 Å². The van der Waals surface area contributed by atoms with E-state index in [-0.39, 0.29) is 11.9 Å². The number of nitrogens with zero attached hydrogens (tertiary/aromatic N) is 2. The number of amides is 1. The van der Waals surface area contributed by atoms with Crippen LogP contribution in [-0.4, -0.2) is 42.0 Å². The van der Waals surface area contributed by atoms with Gasteiger partial charge in [-0.3, -0.25) is 9.69 Å². The SMILES string of the molecule is COc1ccc(CN2CCC(NC(=O)c3ccc(C)s3)C2)cn1. The molecule has 1 aliphatic heterocycles. The van der Waals surface area contributed by atoms with E-state index < -0.39 is 0 Å². The molecule has 6 heteroatoms. The van der Waals surface area contributed by atoms with Crippen molar-refractivity contribution in [3.8, 4) is 5.88 Å². The summed E-state index contributed by atoms with van der Waals surface area (Å²) in [5, 5.41) is 3.14. The molecule has 1 saturated heterocycles. The van der Waals surface area contributed by atoms with Crippen molar-refractivity contribution in [2.24, 2.45) is 0 Å². The molecule has 23 heavy (non-hydrogen) atoms. The lowest BCUT2D eigenvalue weighted by atomic mass is 10.2. The molecule has 1 aliphatic rings. The maximum atomic E-state index is 12.2. The van der Waals surface area contributed by atoms with E-state index in [9.17, 15) is 4.79 Å². The molecule has 1 fully saturated rings. The second-order valence-corrected chi connectivity index (χ2v) is 7.10. The molecule has 2 aromatic rings. The van der Waals surface area contributed by atoms with Gasteiger partial charge in [-0.1, -0.05) is 6.07 Å². The van der Waals surface area contributed by atoms with E-state index in [2.05, 4.69) is 15.2 Å². The van der Waals surface area contributed by atoms with E-state index >= 15 is 0 Å². The van der Waals surface area contributed by atoms with Gasteiger partial charge in [0.1, 0.15) is 0 Å². The number of thiophene rings is 1. The van der Waals surface area contributed by atoms with E-state index in [0.29, 0.717) is 5.88 Å². The quantitative estimate of drug-likeness (QED) is 0.914. The van der Waals surface area contributed by atoms with Crippen LogP contribution in [0.3, 0.4) is 0 Å². The van der Waals surface area contributed by atoms with Gasteiger partial charge in [0.15, 0.2) is 0 Å². The highest BCUT2D eigenvalue weighted by Crippen LogP contribution is 2.18. The summed E-state index contributed by atoms with van der Waals surface area (Å²) >= 11 is 1.54. The molecule has 0 saturated carbocycles. The van der Waals surface area contributed by atoms with Crippen LogP contribution >= 0.6 is 11.3 Å². The van der Waals surface area contributed by atoms with Crippen LogP contribution in [0.1, 0.15) is 26.5 Å². The molecule has 1 amide bonds. The van der Waals surface area contributed by atoms with Gasteiger partial charge in [0.2, 0.25) is 5.88 Å². The molecular weight excluding hydrogens is 310 g/mol. The Morgan fingerprint density at radius 3 is 2.96 bits per heavy atom. The predicted molar refractivity (Wildman–Crippen MR) is 91.0 cm³/mol. The first kappa shape index (κ1) is 16.0.